The van der Waals surface area contributed by atoms with Gasteiger partial charge in [0.05, 0.1) is 23.6 Å². The molecule has 0 fully saturated rings. The second kappa shape index (κ2) is 11.4. The van der Waals surface area contributed by atoms with E-state index in [1.807, 2.05) is 26.8 Å². The van der Waals surface area contributed by atoms with Crippen LogP contribution in [0.2, 0.25) is 5.02 Å². The van der Waals surface area contributed by atoms with E-state index in [1.165, 1.54) is 23.3 Å². The Balaban J connectivity index is 2.04. The molecule has 0 bridgehead atoms. The topological polar surface area (TPSA) is 87.7 Å². The molecule has 3 amide bonds. The molecular formula is C26H28ClN3O4S. The number of nitrogens with one attached hydrogen (secondary N) is 2. The van der Waals surface area contributed by atoms with Crippen molar-refractivity contribution in [3.05, 3.63) is 81.5 Å². The SMILES string of the molecule is COc1ccc(N(C(=O)CNC(=O)c2cccs2)C(C(=O)NC(C)(C)C)c2ccccc2)cc1Cl. The highest BCUT2D eigenvalue weighted by molar-refractivity contribution is 7.12. The van der Waals surface area contributed by atoms with E-state index in [-0.39, 0.29) is 23.4 Å². The number of benzene rings is 2. The number of amides is 3. The maximum absolute atomic E-state index is 13.6. The molecule has 0 saturated heterocycles. The van der Waals surface area contributed by atoms with Crippen molar-refractivity contribution < 1.29 is 19.1 Å². The Morgan fingerprint density at radius 3 is 2.34 bits per heavy atom. The summed E-state index contributed by atoms with van der Waals surface area (Å²) in [6, 6.07) is 16.3. The first-order valence-corrected chi connectivity index (χ1v) is 12.2. The van der Waals surface area contributed by atoms with Crippen molar-refractivity contribution in [2.75, 3.05) is 18.6 Å². The Labute approximate surface area is 214 Å². The Morgan fingerprint density at radius 1 is 1.06 bits per heavy atom. The van der Waals surface area contributed by atoms with Crippen LogP contribution < -0.4 is 20.3 Å². The molecule has 3 rings (SSSR count). The summed E-state index contributed by atoms with van der Waals surface area (Å²) in [5.74, 6) is -0.775. The molecule has 2 aromatic carbocycles. The first-order valence-electron chi connectivity index (χ1n) is 10.9. The fourth-order valence-corrected chi connectivity index (χ4v) is 4.36. The second-order valence-corrected chi connectivity index (χ2v) is 10.1. The minimum absolute atomic E-state index is 0.286. The molecule has 0 aliphatic carbocycles. The molecule has 7 nitrogen and oxygen atoms in total. The van der Waals surface area contributed by atoms with Gasteiger partial charge >= 0.3 is 0 Å². The van der Waals surface area contributed by atoms with Crippen LogP contribution in [-0.4, -0.2) is 36.9 Å². The zero-order valence-electron chi connectivity index (χ0n) is 20.0. The molecule has 0 saturated carbocycles. The van der Waals surface area contributed by atoms with Crippen molar-refractivity contribution in [2.45, 2.75) is 32.4 Å². The molecule has 0 spiro atoms. The van der Waals surface area contributed by atoms with Gasteiger partial charge in [-0.05, 0) is 56.0 Å². The van der Waals surface area contributed by atoms with Gasteiger partial charge in [-0.25, -0.2) is 0 Å². The minimum atomic E-state index is -1.01. The first-order chi connectivity index (χ1) is 16.6. The van der Waals surface area contributed by atoms with E-state index in [9.17, 15) is 14.4 Å². The van der Waals surface area contributed by atoms with Crippen LogP contribution in [-0.2, 0) is 9.59 Å². The number of carbonyl (C=O) groups excluding carboxylic acids is 3. The third kappa shape index (κ3) is 6.83. The highest BCUT2D eigenvalue weighted by Crippen LogP contribution is 2.34. The highest BCUT2D eigenvalue weighted by atomic mass is 35.5. The number of nitrogens with zero attached hydrogens (tertiary/aromatic N) is 1. The number of anilines is 1. The van der Waals surface area contributed by atoms with Crippen molar-refractivity contribution >= 4 is 46.3 Å². The van der Waals surface area contributed by atoms with Crippen LogP contribution in [0.4, 0.5) is 5.69 Å². The molecule has 184 valence electrons. The second-order valence-electron chi connectivity index (χ2n) is 8.80. The maximum Gasteiger partial charge on any atom is 0.261 e. The van der Waals surface area contributed by atoms with Gasteiger partial charge in [0, 0.05) is 11.2 Å². The highest BCUT2D eigenvalue weighted by Gasteiger charge is 2.34. The normalized spacial score (nSPS) is 11.9. The van der Waals surface area contributed by atoms with Crippen LogP contribution >= 0.6 is 22.9 Å². The fraction of sp³-hybridized carbons (Fsp3) is 0.269. The molecule has 0 radical (unpaired) electrons. The Hall–Kier alpha value is -3.36. The summed E-state index contributed by atoms with van der Waals surface area (Å²) in [6.45, 7) is 5.28. The maximum atomic E-state index is 13.6. The third-order valence-corrected chi connectivity index (χ3v) is 6.11. The van der Waals surface area contributed by atoms with E-state index in [2.05, 4.69) is 10.6 Å². The van der Waals surface area contributed by atoms with Crippen molar-refractivity contribution in [3.63, 3.8) is 0 Å². The molecule has 3 aromatic rings. The lowest BCUT2D eigenvalue weighted by molar-refractivity contribution is -0.127. The Bertz CT molecular complexity index is 1180. The lowest BCUT2D eigenvalue weighted by atomic mass is 10.0. The van der Waals surface area contributed by atoms with Gasteiger partial charge in [0.1, 0.15) is 11.8 Å². The summed E-state index contributed by atoms with van der Waals surface area (Å²) in [6.07, 6.45) is 0. The van der Waals surface area contributed by atoms with Gasteiger partial charge < -0.3 is 15.4 Å². The molecule has 35 heavy (non-hydrogen) atoms. The van der Waals surface area contributed by atoms with Gasteiger partial charge in [-0.15, -0.1) is 11.3 Å². The van der Waals surface area contributed by atoms with E-state index in [0.717, 1.165) is 0 Å². The fourth-order valence-electron chi connectivity index (χ4n) is 3.47. The zero-order chi connectivity index (χ0) is 25.6. The molecule has 2 N–H and O–H groups in total. The lowest BCUT2D eigenvalue weighted by Crippen LogP contribution is -2.51. The number of hydrogen-bond acceptors (Lipinski definition) is 5. The lowest BCUT2D eigenvalue weighted by Gasteiger charge is -2.34. The molecule has 9 heteroatoms. The summed E-state index contributed by atoms with van der Waals surface area (Å²) in [5.41, 5.74) is 0.465. The van der Waals surface area contributed by atoms with Gasteiger partial charge in [-0.3, -0.25) is 19.3 Å². The molecule has 1 heterocycles. The number of hydrogen-bond donors (Lipinski definition) is 2. The predicted molar refractivity (Wildman–Crippen MR) is 139 cm³/mol. The third-order valence-electron chi connectivity index (χ3n) is 4.95. The Kier molecular flexibility index (Phi) is 8.53. The van der Waals surface area contributed by atoms with Crippen LogP contribution in [0.1, 0.15) is 42.0 Å². The quantitative estimate of drug-likeness (QED) is 0.451. The van der Waals surface area contributed by atoms with Crippen molar-refractivity contribution in [1.29, 1.82) is 0 Å². The molecule has 1 atom stereocenters. The van der Waals surface area contributed by atoms with Crippen LogP contribution in [0.5, 0.6) is 5.75 Å². The zero-order valence-corrected chi connectivity index (χ0v) is 21.6. The number of rotatable bonds is 8. The number of carbonyl (C=O) groups is 3. The molecule has 0 aliphatic heterocycles. The average Bonchev–Trinajstić information content (AvgIpc) is 3.35. The van der Waals surface area contributed by atoms with Crippen molar-refractivity contribution in [2.24, 2.45) is 0 Å². The van der Waals surface area contributed by atoms with Crippen LogP contribution in [0.15, 0.2) is 66.0 Å². The Morgan fingerprint density at radius 2 is 1.77 bits per heavy atom. The summed E-state index contributed by atoms with van der Waals surface area (Å²) in [5, 5.41) is 7.70. The smallest absolute Gasteiger partial charge is 0.261 e. The van der Waals surface area contributed by atoms with Crippen molar-refractivity contribution in [1.82, 2.24) is 10.6 Å². The number of methoxy groups -OCH3 is 1. The number of halogens is 1. The summed E-state index contributed by atoms with van der Waals surface area (Å²) in [4.78, 5) is 41.5. The van der Waals surface area contributed by atoms with Crippen molar-refractivity contribution in [3.8, 4) is 5.75 Å². The van der Waals surface area contributed by atoms with Crippen LogP contribution in [0.3, 0.4) is 0 Å². The van der Waals surface area contributed by atoms with Gasteiger partial charge in [0.25, 0.3) is 5.91 Å². The predicted octanol–water partition coefficient (Wildman–Crippen LogP) is 4.83. The molecular weight excluding hydrogens is 486 g/mol. The average molecular weight is 514 g/mol. The molecule has 1 aromatic heterocycles. The van der Waals surface area contributed by atoms with E-state index >= 15 is 0 Å². The van der Waals surface area contributed by atoms with Gasteiger partial charge in [-0.1, -0.05) is 48.0 Å². The number of ether oxygens (including phenoxy) is 1. The molecule has 1 unspecified atom stereocenters. The largest absolute Gasteiger partial charge is 0.495 e. The summed E-state index contributed by atoms with van der Waals surface area (Å²) < 4.78 is 5.25. The van der Waals surface area contributed by atoms with Crippen LogP contribution in [0.25, 0.3) is 0 Å². The standard InChI is InChI=1S/C26H28ClN3O4S/c1-26(2,3)29-25(33)23(17-9-6-5-7-10-17)30(18-12-13-20(34-4)19(27)15-18)22(31)16-28-24(32)21-11-8-14-35-21/h5-15,23H,16H2,1-4H3,(H,28,32)(H,29,33). The summed E-state index contributed by atoms with van der Waals surface area (Å²) >= 11 is 7.65. The number of thiophene rings is 1. The van der Waals surface area contributed by atoms with E-state index in [1.54, 1.807) is 60.0 Å². The monoisotopic (exact) mass is 513 g/mol. The first kappa shape index (κ1) is 26.2. The van der Waals surface area contributed by atoms with Gasteiger partial charge in [-0.2, -0.15) is 0 Å². The van der Waals surface area contributed by atoms with Gasteiger partial charge in [0.2, 0.25) is 11.8 Å². The van der Waals surface area contributed by atoms with E-state index < -0.39 is 17.5 Å². The van der Waals surface area contributed by atoms with Crippen LogP contribution in [0, 0.1) is 0 Å². The van der Waals surface area contributed by atoms with E-state index in [4.69, 9.17) is 16.3 Å². The molecule has 0 aliphatic rings. The minimum Gasteiger partial charge on any atom is -0.495 e. The van der Waals surface area contributed by atoms with Gasteiger partial charge in [0.15, 0.2) is 0 Å². The summed E-state index contributed by atoms with van der Waals surface area (Å²) in [7, 11) is 1.49. The van der Waals surface area contributed by atoms with E-state index in [0.29, 0.717) is 21.9 Å².